The van der Waals surface area contributed by atoms with Gasteiger partial charge in [0, 0.05) is 13.8 Å². The smallest absolute Gasteiger partial charge is 0.237 e. The van der Waals surface area contributed by atoms with Crippen molar-refractivity contribution in [1.29, 1.82) is 0 Å². The van der Waals surface area contributed by atoms with Crippen molar-refractivity contribution in [3.05, 3.63) is 96.1 Å². The minimum absolute atomic E-state index is 0.902. The van der Waals surface area contributed by atoms with E-state index in [0.29, 0.717) is 0 Å². The van der Waals surface area contributed by atoms with Gasteiger partial charge in [0.15, 0.2) is 0 Å². The van der Waals surface area contributed by atoms with Crippen LogP contribution in [0.2, 0.25) is 0 Å². The molecular formula is C24H28N4+2. The normalized spacial score (nSPS) is 11.1. The first-order valence-corrected chi connectivity index (χ1v) is 9.72. The first-order valence-electron chi connectivity index (χ1n) is 9.72. The standard InChI is InChI=1S/C24H28N4/c1-19-25(3)13-15-27(19)17-21-5-9-23(10-6-21)24-11-7-22(8-12-24)18-28-16-14-26(4)20(28)2/h5-16H,17-18H2,1-4H3/q+2. The summed E-state index contributed by atoms with van der Waals surface area (Å²) in [6.07, 6.45) is 8.46. The molecule has 142 valence electrons. The van der Waals surface area contributed by atoms with E-state index in [1.807, 2.05) is 0 Å². The molecule has 0 aliphatic carbocycles. The number of nitrogens with zero attached hydrogens (tertiary/aromatic N) is 4. The van der Waals surface area contributed by atoms with Crippen LogP contribution in [0, 0.1) is 13.8 Å². The van der Waals surface area contributed by atoms with Gasteiger partial charge in [-0.1, -0.05) is 48.5 Å². The molecule has 4 heteroatoms. The first kappa shape index (κ1) is 18.2. The van der Waals surface area contributed by atoms with E-state index in [4.69, 9.17) is 0 Å². The molecular weight excluding hydrogens is 344 g/mol. The molecule has 0 atom stereocenters. The number of hydrogen-bond acceptors (Lipinski definition) is 0. The molecule has 0 amide bonds. The second kappa shape index (κ2) is 7.47. The van der Waals surface area contributed by atoms with Crippen molar-refractivity contribution < 1.29 is 9.13 Å². The number of aryl methyl sites for hydroxylation is 2. The Bertz CT molecular complexity index is 993. The maximum Gasteiger partial charge on any atom is 0.253 e. The Kier molecular flexibility index (Phi) is 4.86. The van der Waals surface area contributed by atoms with Crippen LogP contribution in [-0.4, -0.2) is 9.13 Å². The Balaban J connectivity index is 1.47. The highest BCUT2D eigenvalue weighted by atomic mass is 15.1. The Morgan fingerprint density at radius 1 is 0.607 bits per heavy atom. The van der Waals surface area contributed by atoms with Gasteiger partial charge in [0.05, 0.1) is 14.1 Å². The molecule has 0 aliphatic rings. The zero-order valence-electron chi connectivity index (χ0n) is 17.1. The maximum atomic E-state index is 2.27. The molecule has 4 nitrogen and oxygen atoms in total. The molecule has 0 radical (unpaired) electrons. The zero-order valence-corrected chi connectivity index (χ0v) is 17.1. The monoisotopic (exact) mass is 372 g/mol. The van der Waals surface area contributed by atoms with Gasteiger partial charge in [0.25, 0.3) is 11.6 Å². The quantitative estimate of drug-likeness (QED) is 0.478. The summed E-state index contributed by atoms with van der Waals surface area (Å²) < 4.78 is 8.83. The summed E-state index contributed by atoms with van der Waals surface area (Å²) >= 11 is 0. The summed E-state index contributed by atoms with van der Waals surface area (Å²) in [6, 6.07) is 17.8. The van der Waals surface area contributed by atoms with Gasteiger partial charge in [-0.05, 0) is 22.3 Å². The van der Waals surface area contributed by atoms with Crippen molar-refractivity contribution in [3.63, 3.8) is 0 Å². The van der Waals surface area contributed by atoms with Crippen molar-refractivity contribution in [3.8, 4) is 11.1 Å². The van der Waals surface area contributed by atoms with E-state index in [0.717, 1.165) is 13.1 Å². The number of hydrogen-bond donors (Lipinski definition) is 0. The van der Waals surface area contributed by atoms with Crippen LogP contribution in [0.1, 0.15) is 22.8 Å². The minimum atomic E-state index is 0.902. The SMILES string of the molecule is Cc1n(Cc2ccc(-c3ccc(Cn4cc[n+](C)c4C)cc3)cc2)cc[n+]1C. The molecule has 0 bridgehead atoms. The van der Waals surface area contributed by atoms with Gasteiger partial charge in [-0.2, -0.15) is 0 Å². The van der Waals surface area contributed by atoms with Gasteiger partial charge in [-0.3, -0.25) is 0 Å². The van der Waals surface area contributed by atoms with Crippen molar-refractivity contribution in [2.75, 3.05) is 0 Å². The number of rotatable bonds is 5. The lowest BCUT2D eigenvalue weighted by atomic mass is 10.0. The van der Waals surface area contributed by atoms with Gasteiger partial charge in [0.2, 0.25) is 0 Å². The summed E-state index contributed by atoms with van der Waals surface area (Å²) in [5.74, 6) is 2.51. The molecule has 0 aliphatic heterocycles. The molecule has 0 saturated carbocycles. The molecule has 0 saturated heterocycles. The molecule has 2 aromatic carbocycles. The summed E-state index contributed by atoms with van der Waals surface area (Å²) in [5, 5.41) is 0. The topological polar surface area (TPSA) is 17.6 Å². The average molecular weight is 373 g/mol. The molecule has 4 rings (SSSR count). The van der Waals surface area contributed by atoms with Gasteiger partial charge in [0.1, 0.15) is 37.9 Å². The first-order chi connectivity index (χ1) is 13.5. The molecule has 0 spiro atoms. The molecule has 2 heterocycles. The summed E-state index contributed by atoms with van der Waals surface area (Å²) in [5.41, 5.74) is 5.15. The largest absolute Gasteiger partial charge is 0.253 e. The van der Waals surface area contributed by atoms with Crippen molar-refractivity contribution >= 4 is 0 Å². The number of benzene rings is 2. The van der Waals surface area contributed by atoms with Crippen LogP contribution in [0.15, 0.2) is 73.3 Å². The third-order valence-electron chi connectivity index (χ3n) is 5.74. The molecule has 2 aromatic heterocycles. The Morgan fingerprint density at radius 2 is 0.964 bits per heavy atom. The van der Waals surface area contributed by atoms with E-state index in [1.54, 1.807) is 0 Å². The minimum Gasteiger partial charge on any atom is -0.237 e. The zero-order chi connectivity index (χ0) is 19.7. The van der Waals surface area contributed by atoms with Crippen molar-refractivity contribution in [2.24, 2.45) is 14.1 Å². The van der Waals surface area contributed by atoms with E-state index >= 15 is 0 Å². The molecule has 0 fully saturated rings. The summed E-state index contributed by atoms with van der Waals surface area (Å²) in [7, 11) is 4.16. The predicted molar refractivity (Wildman–Crippen MR) is 111 cm³/mol. The Hall–Kier alpha value is -3.14. The van der Waals surface area contributed by atoms with Crippen LogP contribution >= 0.6 is 0 Å². The predicted octanol–water partition coefficient (Wildman–Crippen LogP) is 3.32. The molecule has 4 aromatic rings. The number of aromatic nitrogens is 4. The Morgan fingerprint density at radius 3 is 1.25 bits per heavy atom. The van der Waals surface area contributed by atoms with E-state index in [-0.39, 0.29) is 0 Å². The highest BCUT2D eigenvalue weighted by molar-refractivity contribution is 5.64. The second-order valence-electron chi connectivity index (χ2n) is 7.56. The van der Waals surface area contributed by atoms with Gasteiger partial charge >= 0.3 is 0 Å². The van der Waals surface area contributed by atoms with Crippen molar-refractivity contribution in [2.45, 2.75) is 26.9 Å². The Labute approximate surface area is 166 Å². The lowest BCUT2D eigenvalue weighted by Crippen LogP contribution is -2.29. The second-order valence-corrected chi connectivity index (χ2v) is 7.56. The van der Waals surface area contributed by atoms with Gasteiger partial charge in [-0.15, -0.1) is 0 Å². The van der Waals surface area contributed by atoms with Crippen molar-refractivity contribution in [1.82, 2.24) is 9.13 Å². The average Bonchev–Trinajstić information content (AvgIpc) is 3.20. The van der Waals surface area contributed by atoms with Crippen LogP contribution in [0.25, 0.3) is 11.1 Å². The van der Waals surface area contributed by atoms with Crippen LogP contribution in [0.3, 0.4) is 0 Å². The highest BCUT2D eigenvalue weighted by Crippen LogP contribution is 2.21. The summed E-state index contributed by atoms with van der Waals surface area (Å²) in [4.78, 5) is 0. The van der Waals surface area contributed by atoms with E-state index < -0.39 is 0 Å². The molecule has 0 N–H and O–H groups in total. The third-order valence-corrected chi connectivity index (χ3v) is 5.74. The van der Waals surface area contributed by atoms with Gasteiger partial charge < -0.3 is 0 Å². The van der Waals surface area contributed by atoms with E-state index in [1.165, 1.54) is 33.9 Å². The fraction of sp³-hybridized carbons (Fsp3) is 0.250. The van der Waals surface area contributed by atoms with Crippen LogP contribution in [0.5, 0.6) is 0 Å². The fourth-order valence-electron chi connectivity index (χ4n) is 3.53. The van der Waals surface area contributed by atoms with Crippen LogP contribution in [0.4, 0.5) is 0 Å². The van der Waals surface area contributed by atoms with Crippen LogP contribution < -0.4 is 9.13 Å². The van der Waals surface area contributed by atoms with E-state index in [9.17, 15) is 0 Å². The number of imidazole rings is 2. The van der Waals surface area contributed by atoms with Gasteiger partial charge in [-0.25, -0.2) is 18.3 Å². The highest BCUT2D eigenvalue weighted by Gasteiger charge is 2.10. The molecule has 0 unspecified atom stereocenters. The van der Waals surface area contributed by atoms with E-state index in [2.05, 4.69) is 120 Å². The lowest BCUT2D eigenvalue weighted by Gasteiger charge is -2.06. The van der Waals surface area contributed by atoms with Crippen LogP contribution in [-0.2, 0) is 27.2 Å². The fourth-order valence-corrected chi connectivity index (χ4v) is 3.53. The maximum absolute atomic E-state index is 2.27. The summed E-state index contributed by atoms with van der Waals surface area (Å²) in [6.45, 7) is 6.09. The third kappa shape index (κ3) is 3.63. The molecule has 28 heavy (non-hydrogen) atoms. The lowest BCUT2D eigenvalue weighted by molar-refractivity contribution is -0.677.